The van der Waals surface area contributed by atoms with Gasteiger partial charge in [0.15, 0.2) is 11.6 Å². The van der Waals surface area contributed by atoms with E-state index in [4.69, 9.17) is 4.74 Å². The van der Waals surface area contributed by atoms with Crippen LogP contribution >= 0.6 is 0 Å². The Morgan fingerprint density at radius 1 is 1.41 bits per heavy atom. The molecular weight excluding hydrogens is 412 g/mol. The first kappa shape index (κ1) is 21.4. The molecule has 4 N–H and O–H groups in total. The molecular formula is C16H21F2N5O5S. The monoisotopic (exact) mass is 433 g/mol. The highest BCUT2D eigenvalue weighted by Crippen LogP contribution is 2.33. The second-order valence-corrected chi connectivity index (χ2v) is 8.49. The minimum Gasteiger partial charge on any atom is -0.366 e. The summed E-state index contributed by atoms with van der Waals surface area (Å²) in [6.45, 7) is 1.88. The molecule has 2 unspecified atom stereocenters. The summed E-state index contributed by atoms with van der Waals surface area (Å²) in [6.07, 6.45) is -0.336. The van der Waals surface area contributed by atoms with Crippen molar-refractivity contribution < 1.29 is 31.5 Å². The molecule has 0 saturated carbocycles. The average molecular weight is 433 g/mol. The van der Waals surface area contributed by atoms with Crippen molar-refractivity contribution in [2.24, 2.45) is 5.92 Å². The fourth-order valence-corrected chi connectivity index (χ4v) is 4.83. The van der Waals surface area contributed by atoms with Crippen molar-refractivity contribution in [3.05, 3.63) is 23.8 Å². The highest BCUT2D eigenvalue weighted by atomic mass is 32.2. The molecule has 3 amide bonds. The molecule has 2 aliphatic heterocycles. The first-order valence-electron chi connectivity index (χ1n) is 8.74. The Labute approximate surface area is 166 Å². The van der Waals surface area contributed by atoms with Crippen molar-refractivity contribution in [1.82, 2.24) is 20.3 Å². The molecule has 3 rings (SSSR count). The van der Waals surface area contributed by atoms with E-state index in [9.17, 15) is 26.8 Å². The van der Waals surface area contributed by atoms with Crippen LogP contribution in [0.3, 0.4) is 0 Å². The van der Waals surface area contributed by atoms with E-state index in [1.165, 1.54) is 7.11 Å². The fraction of sp³-hybridized carbons (Fsp3) is 0.500. The number of hydrogen-bond acceptors (Lipinski definition) is 7. The number of methoxy groups -OCH3 is 1. The normalized spacial score (nSPS) is 24.4. The van der Waals surface area contributed by atoms with Gasteiger partial charge in [0.25, 0.3) is 10.0 Å². The number of benzene rings is 1. The SMILES string of the molecule is COC1NCNCC1[C@H](C)NC(=O)CN1C(=O)Nc2ccc(F)c(F)c2S1(=O)=O. The Morgan fingerprint density at radius 3 is 2.83 bits per heavy atom. The van der Waals surface area contributed by atoms with E-state index in [2.05, 4.69) is 21.3 Å². The second-order valence-electron chi connectivity index (χ2n) is 6.69. The molecule has 0 spiro atoms. The minimum atomic E-state index is -4.76. The van der Waals surface area contributed by atoms with Gasteiger partial charge in [0.1, 0.15) is 17.7 Å². The van der Waals surface area contributed by atoms with Crippen LogP contribution in [0.4, 0.5) is 19.3 Å². The zero-order chi connectivity index (χ0) is 21.3. The summed E-state index contributed by atoms with van der Waals surface area (Å²) < 4.78 is 58.4. The molecule has 13 heteroatoms. The molecule has 2 heterocycles. The lowest BCUT2D eigenvalue weighted by Gasteiger charge is -2.36. The largest absolute Gasteiger partial charge is 0.366 e. The summed E-state index contributed by atoms with van der Waals surface area (Å²) in [5.74, 6) is -3.96. The predicted molar refractivity (Wildman–Crippen MR) is 97.2 cm³/mol. The molecule has 0 aliphatic carbocycles. The number of nitrogens with one attached hydrogen (secondary N) is 4. The number of carbonyl (C=O) groups is 2. The quantitative estimate of drug-likeness (QED) is 0.504. The van der Waals surface area contributed by atoms with E-state index in [-0.39, 0.29) is 22.1 Å². The highest BCUT2D eigenvalue weighted by molar-refractivity contribution is 7.90. The van der Waals surface area contributed by atoms with Crippen molar-refractivity contribution >= 4 is 27.6 Å². The van der Waals surface area contributed by atoms with Crippen LogP contribution in [0.1, 0.15) is 6.92 Å². The third-order valence-corrected chi connectivity index (χ3v) is 6.63. The minimum absolute atomic E-state index is 0.170. The number of hydrogen-bond donors (Lipinski definition) is 4. The van der Waals surface area contributed by atoms with Crippen molar-refractivity contribution in [3.8, 4) is 0 Å². The topological polar surface area (TPSA) is 129 Å². The lowest BCUT2D eigenvalue weighted by atomic mass is 9.97. The molecule has 29 heavy (non-hydrogen) atoms. The van der Waals surface area contributed by atoms with Crippen LogP contribution in [0.15, 0.2) is 17.0 Å². The van der Waals surface area contributed by atoms with Crippen LogP contribution in [0.25, 0.3) is 0 Å². The van der Waals surface area contributed by atoms with Gasteiger partial charge in [-0.3, -0.25) is 10.1 Å². The zero-order valence-corrected chi connectivity index (χ0v) is 16.5. The standard InChI is InChI=1S/C16H21F2N5O5S/c1-8(9-5-19-7-20-15(9)28-2)21-12(24)6-23-16(25)22-11-4-3-10(17)13(18)14(11)29(23,26)27/h3-4,8-9,15,19-20H,5-7H2,1-2H3,(H,21,24)(H,22,25)/t8-,9?,15?/m0/s1. The molecule has 2 aliphatic rings. The number of sulfonamides is 1. The number of carbonyl (C=O) groups excluding carboxylic acids is 2. The van der Waals surface area contributed by atoms with E-state index in [1.54, 1.807) is 6.92 Å². The zero-order valence-electron chi connectivity index (χ0n) is 15.7. The number of rotatable bonds is 5. The van der Waals surface area contributed by atoms with Crippen LogP contribution in [0.2, 0.25) is 0 Å². The Balaban J connectivity index is 1.76. The number of nitrogens with zero attached hydrogens (tertiary/aromatic N) is 1. The lowest BCUT2D eigenvalue weighted by Crippen LogP contribution is -2.59. The van der Waals surface area contributed by atoms with Gasteiger partial charge in [-0.1, -0.05) is 0 Å². The molecule has 1 aromatic carbocycles. The van der Waals surface area contributed by atoms with Gasteiger partial charge in [0.2, 0.25) is 5.91 Å². The van der Waals surface area contributed by atoms with Crippen LogP contribution < -0.4 is 21.3 Å². The second kappa shape index (κ2) is 8.18. The van der Waals surface area contributed by atoms with Gasteiger partial charge in [0.05, 0.1) is 5.69 Å². The summed E-state index contributed by atoms with van der Waals surface area (Å²) in [6, 6.07) is 0.0650. The maximum atomic E-state index is 14.1. The molecule has 3 atom stereocenters. The molecule has 1 aromatic rings. The fourth-order valence-electron chi connectivity index (χ4n) is 3.34. The van der Waals surface area contributed by atoms with Gasteiger partial charge in [0, 0.05) is 32.3 Å². The number of urea groups is 1. The number of anilines is 1. The summed E-state index contributed by atoms with van der Waals surface area (Å²) in [4.78, 5) is 23.6. The molecule has 1 saturated heterocycles. The van der Waals surface area contributed by atoms with E-state index >= 15 is 0 Å². The van der Waals surface area contributed by atoms with Crippen molar-refractivity contribution in [2.45, 2.75) is 24.1 Å². The molecule has 0 aromatic heterocycles. The Morgan fingerprint density at radius 2 is 2.14 bits per heavy atom. The smallest absolute Gasteiger partial charge is 0.336 e. The highest BCUT2D eigenvalue weighted by Gasteiger charge is 2.41. The molecule has 0 radical (unpaired) electrons. The Bertz CT molecular complexity index is 929. The van der Waals surface area contributed by atoms with E-state index in [1.807, 2.05) is 0 Å². The number of fused-ring (bicyclic) bond motifs is 1. The van der Waals surface area contributed by atoms with Crippen molar-refractivity contribution in [2.75, 3.05) is 32.2 Å². The van der Waals surface area contributed by atoms with Crippen molar-refractivity contribution in [1.29, 1.82) is 0 Å². The van der Waals surface area contributed by atoms with Gasteiger partial charge in [-0.15, -0.1) is 0 Å². The van der Waals surface area contributed by atoms with Gasteiger partial charge >= 0.3 is 6.03 Å². The third kappa shape index (κ3) is 4.03. The van der Waals surface area contributed by atoms with Crippen LogP contribution in [-0.2, 0) is 19.6 Å². The van der Waals surface area contributed by atoms with E-state index in [0.717, 1.165) is 6.07 Å². The van der Waals surface area contributed by atoms with Crippen LogP contribution in [0.5, 0.6) is 0 Å². The van der Waals surface area contributed by atoms with Crippen LogP contribution in [0, 0.1) is 17.6 Å². The summed E-state index contributed by atoms with van der Waals surface area (Å²) in [5.41, 5.74) is -0.388. The first-order valence-corrected chi connectivity index (χ1v) is 10.2. The van der Waals surface area contributed by atoms with Gasteiger partial charge < -0.3 is 20.7 Å². The number of ether oxygens (including phenoxy) is 1. The molecule has 160 valence electrons. The van der Waals surface area contributed by atoms with Crippen molar-refractivity contribution in [3.63, 3.8) is 0 Å². The first-order chi connectivity index (χ1) is 13.7. The summed E-state index contributed by atoms with van der Waals surface area (Å²) in [5, 5.41) is 10.9. The lowest BCUT2D eigenvalue weighted by molar-refractivity contribution is -0.122. The summed E-state index contributed by atoms with van der Waals surface area (Å²) >= 11 is 0. The molecule has 0 bridgehead atoms. The maximum absolute atomic E-state index is 14.1. The third-order valence-electron chi connectivity index (χ3n) is 4.84. The van der Waals surface area contributed by atoms with Crippen LogP contribution in [-0.4, -0.2) is 63.8 Å². The Hall–Kier alpha value is -2.35. The maximum Gasteiger partial charge on any atom is 0.336 e. The molecule has 1 fully saturated rings. The number of amides is 3. The van der Waals surface area contributed by atoms with E-state index < -0.39 is 51.1 Å². The number of halogens is 2. The van der Waals surface area contributed by atoms with Gasteiger partial charge in [-0.2, -0.15) is 0 Å². The molecule has 10 nitrogen and oxygen atoms in total. The summed E-state index contributed by atoms with van der Waals surface area (Å²) in [7, 11) is -3.25. The predicted octanol–water partition coefficient (Wildman–Crippen LogP) is -0.255. The average Bonchev–Trinajstić information content (AvgIpc) is 2.67. The van der Waals surface area contributed by atoms with E-state index in [0.29, 0.717) is 19.3 Å². The van der Waals surface area contributed by atoms with Gasteiger partial charge in [-0.25, -0.2) is 26.3 Å². The Kier molecular flexibility index (Phi) is 6.03. The van der Waals surface area contributed by atoms with Gasteiger partial charge in [-0.05, 0) is 19.1 Å².